The van der Waals surface area contributed by atoms with E-state index in [-0.39, 0.29) is 0 Å². The third-order valence-electron chi connectivity index (χ3n) is 3.07. The van der Waals surface area contributed by atoms with Crippen molar-refractivity contribution in [3.8, 4) is 6.07 Å². The molecule has 0 spiro atoms. The van der Waals surface area contributed by atoms with Gasteiger partial charge in [0.2, 0.25) is 0 Å². The smallest absolute Gasteiger partial charge is 0.189 e. The van der Waals surface area contributed by atoms with Crippen molar-refractivity contribution in [1.29, 1.82) is 5.26 Å². The summed E-state index contributed by atoms with van der Waals surface area (Å²) in [6.45, 7) is 3.96. The zero-order valence-electron chi connectivity index (χ0n) is 10.8. The lowest BCUT2D eigenvalue weighted by atomic mass is 10.3. The standard InChI is InChI=1S/C12H17N5S/c1-16-4-3-5-17(7-6-16)11-10(8-13)9-14-12(15-11)18-2/h9H,3-7H2,1-2H3. The Hall–Kier alpha value is -1.32. The normalized spacial score (nSPS) is 17.3. The molecule has 0 N–H and O–H groups in total. The largest absolute Gasteiger partial charge is 0.354 e. The second kappa shape index (κ2) is 6.03. The predicted molar refractivity (Wildman–Crippen MR) is 72.9 cm³/mol. The van der Waals surface area contributed by atoms with E-state index in [4.69, 9.17) is 5.26 Å². The highest BCUT2D eigenvalue weighted by atomic mass is 32.2. The van der Waals surface area contributed by atoms with Crippen molar-refractivity contribution in [3.63, 3.8) is 0 Å². The SMILES string of the molecule is CSc1ncc(C#N)c(N2CCCN(C)CC2)n1. The van der Waals surface area contributed by atoms with Crippen molar-refractivity contribution in [2.75, 3.05) is 44.4 Å². The van der Waals surface area contributed by atoms with Crippen molar-refractivity contribution >= 4 is 17.6 Å². The number of hydrogen-bond donors (Lipinski definition) is 0. The van der Waals surface area contributed by atoms with Gasteiger partial charge in [0.05, 0.1) is 6.20 Å². The summed E-state index contributed by atoms with van der Waals surface area (Å²) in [5.74, 6) is 0.784. The number of nitrogens with zero attached hydrogens (tertiary/aromatic N) is 5. The third-order valence-corrected chi connectivity index (χ3v) is 3.63. The highest BCUT2D eigenvalue weighted by Gasteiger charge is 2.17. The molecule has 0 radical (unpaired) electrons. The van der Waals surface area contributed by atoms with Crippen LogP contribution >= 0.6 is 11.8 Å². The van der Waals surface area contributed by atoms with E-state index in [0.717, 1.165) is 43.6 Å². The van der Waals surface area contributed by atoms with Crippen molar-refractivity contribution in [2.45, 2.75) is 11.6 Å². The summed E-state index contributed by atoms with van der Waals surface area (Å²) >= 11 is 1.50. The highest BCUT2D eigenvalue weighted by Crippen LogP contribution is 2.21. The lowest BCUT2D eigenvalue weighted by Crippen LogP contribution is -2.30. The summed E-state index contributed by atoms with van der Waals surface area (Å²) in [6.07, 6.45) is 4.67. The van der Waals surface area contributed by atoms with Crippen LogP contribution in [0.3, 0.4) is 0 Å². The maximum atomic E-state index is 9.16. The quantitative estimate of drug-likeness (QED) is 0.590. The van der Waals surface area contributed by atoms with Crippen LogP contribution < -0.4 is 4.90 Å². The van der Waals surface area contributed by atoms with Gasteiger partial charge < -0.3 is 9.80 Å². The lowest BCUT2D eigenvalue weighted by Gasteiger charge is -2.22. The van der Waals surface area contributed by atoms with E-state index in [1.165, 1.54) is 11.8 Å². The predicted octanol–water partition coefficient (Wildman–Crippen LogP) is 1.21. The van der Waals surface area contributed by atoms with E-state index in [0.29, 0.717) is 5.56 Å². The van der Waals surface area contributed by atoms with Gasteiger partial charge in [-0.15, -0.1) is 0 Å². The van der Waals surface area contributed by atoms with Crippen LogP contribution in [0.15, 0.2) is 11.4 Å². The molecule has 1 fully saturated rings. The first-order chi connectivity index (χ1) is 8.74. The first-order valence-corrected chi connectivity index (χ1v) is 7.21. The molecular formula is C12H17N5S. The maximum Gasteiger partial charge on any atom is 0.189 e. The Labute approximate surface area is 112 Å². The van der Waals surface area contributed by atoms with Crippen molar-refractivity contribution in [2.24, 2.45) is 0 Å². The minimum atomic E-state index is 0.567. The van der Waals surface area contributed by atoms with E-state index < -0.39 is 0 Å². The van der Waals surface area contributed by atoms with Crippen LogP contribution in [0, 0.1) is 11.3 Å². The van der Waals surface area contributed by atoms with Gasteiger partial charge in [-0.1, -0.05) is 11.8 Å². The summed E-state index contributed by atoms with van der Waals surface area (Å²) in [5, 5.41) is 9.88. The second-order valence-corrected chi connectivity index (χ2v) is 5.12. The summed E-state index contributed by atoms with van der Waals surface area (Å²) in [7, 11) is 2.13. The molecule has 6 heteroatoms. The van der Waals surface area contributed by atoms with Gasteiger partial charge in [0, 0.05) is 19.6 Å². The molecule has 1 saturated heterocycles. The van der Waals surface area contributed by atoms with Crippen LogP contribution in [0.4, 0.5) is 5.82 Å². The molecule has 0 saturated carbocycles. The molecule has 0 aromatic carbocycles. The van der Waals surface area contributed by atoms with E-state index >= 15 is 0 Å². The molecule has 1 aliphatic heterocycles. The molecule has 18 heavy (non-hydrogen) atoms. The van der Waals surface area contributed by atoms with Gasteiger partial charge in [-0.05, 0) is 26.3 Å². The van der Waals surface area contributed by atoms with Gasteiger partial charge in [-0.25, -0.2) is 9.97 Å². The molecular weight excluding hydrogens is 246 g/mol. The minimum absolute atomic E-state index is 0.567. The molecule has 1 aliphatic rings. The Morgan fingerprint density at radius 1 is 1.33 bits per heavy atom. The van der Waals surface area contributed by atoms with Crippen molar-refractivity contribution < 1.29 is 0 Å². The number of rotatable bonds is 2. The van der Waals surface area contributed by atoms with Crippen molar-refractivity contribution in [1.82, 2.24) is 14.9 Å². The van der Waals surface area contributed by atoms with Gasteiger partial charge in [0.1, 0.15) is 11.6 Å². The van der Waals surface area contributed by atoms with Crippen LogP contribution in [0.1, 0.15) is 12.0 Å². The minimum Gasteiger partial charge on any atom is -0.354 e. The van der Waals surface area contributed by atoms with Crippen molar-refractivity contribution in [3.05, 3.63) is 11.8 Å². The Bertz CT molecular complexity index is 456. The summed E-state index contributed by atoms with van der Waals surface area (Å²) in [6, 6.07) is 2.19. The first kappa shape index (κ1) is 13.1. The Morgan fingerprint density at radius 2 is 2.17 bits per heavy atom. The molecule has 96 valence electrons. The molecule has 0 aliphatic carbocycles. The highest BCUT2D eigenvalue weighted by molar-refractivity contribution is 7.98. The molecule has 5 nitrogen and oxygen atoms in total. The molecule has 0 amide bonds. The van der Waals surface area contributed by atoms with Gasteiger partial charge >= 0.3 is 0 Å². The molecule has 1 aromatic heterocycles. The fraction of sp³-hybridized carbons (Fsp3) is 0.583. The van der Waals surface area contributed by atoms with Gasteiger partial charge in [-0.2, -0.15) is 5.26 Å². The summed E-state index contributed by atoms with van der Waals surface area (Å²) in [4.78, 5) is 13.1. The summed E-state index contributed by atoms with van der Waals surface area (Å²) in [5.41, 5.74) is 0.567. The van der Waals surface area contributed by atoms with Crippen LogP contribution in [0.25, 0.3) is 0 Å². The number of hydrogen-bond acceptors (Lipinski definition) is 6. The fourth-order valence-electron chi connectivity index (χ4n) is 2.03. The number of likely N-dealkylation sites (N-methyl/N-ethyl adjacent to an activating group) is 1. The van der Waals surface area contributed by atoms with Crippen LogP contribution in [-0.4, -0.2) is 54.4 Å². The number of anilines is 1. The van der Waals surface area contributed by atoms with E-state index in [9.17, 15) is 0 Å². The Kier molecular flexibility index (Phi) is 4.39. The number of thioether (sulfide) groups is 1. The Balaban J connectivity index is 2.27. The fourth-order valence-corrected chi connectivity index (χ4v) is 2.37. The molecule has 0 bridgehead atoms. The first-order valence-electron chi connectivity index (χ1n) is 5.99. The van der Waals surface area contributed by atoms with Crippen LogP contribution in [0.2, 0.25) is 0 Å². The zero-order chi connectivity index (χ0) is 13.0. The molecule has 2 heterocycles. The van der Waals surface area contributed by atoms with Crippen LogP contribution in [0.5, 0.6) is 0 Å². The molecule has 1 aromatic rings. The van der Waals surface area contributed by atoms with Gasteiger partial charge in [-0.3, -0.25) is 0 Å². The van der Waals surface area contributed by atoms with Crippen LogP contribution in [-0.2, 0) is 0 Å². The Morgan fingerprint density at radius 3 is 2.89 bits per heavy atom. The van der Waals surface area contributed by atoms with Gasteiger partial charge in [0.15, 0.2) is 11.0 Å². The average Bonchev–Trinajstić information content (AvgIpc) is 2.62. The zero-order valence-corrected chi connectivity index (χ0v) is 11.6. The van der Waals surface area contributed by atoms with E-state index in [2.05, 4.69) is 32.9 Å². The topological polar surface area (TPSA) is 56.1 Å². The van der Waals surface area contributed by atoms with Gasteiger partial charge in [0.25, 0.3) is 0 Å². The van der Waals surface area contributed by atoms with E-state index in [1.807, 2.05) is 6.26 Å². The molecule has 0 unspecified atom stereocenters. The van der Waals surface area contributed by atoms with E-state index in [1.54, 1.807) is 6.20 Å². The maximum absolute atomic E-state index is 9.16. The number of aromatic nitrogens is 2. The molecule has 0 atom stereocenters. The second-order valence-electron chi connectivity index (χ2n) is 4.35. The monoisotopic (exact) mass is 263 g/mol. The third kappa shape index (κ3) is 2.92. The summed E-state index contributed by atoms with van der Waals surface area (Å²) < 4.78 is 0. The lowest BCUT2D eigenvalue weighted by molar-refractivity contribution is 0.360. The molecule has 2 rings (SSSR count). The number of nitriles is 1. The average molecular weight is 263 g/mol.